The normalized spacial score (nSPS) is 12.4. The van der Waals surface area contributed by atoms with E-state index in [-0.39, 0.29) is 18.1 Å². The van der Waals surface area contributed by atoms with E-state index in [1.165, 1.54) is 17.7 Å². The molecule has 0 aliphatic carbocycles. The quantitative estimate of drug-likeness (QED) is 0.865. The van der Waals surface area contributed by atoms with Crippen molar-refractivity contribution in [2.45, 2.75) is 13.0 Å². The van der Waals surface area contributed by atoms with E-state index in [1.807, 2.05) is 17.5 Å². The zero-order valence-corrected chi connectivity index (χ0v) is 10.0. The van der Waals surface area contributed by atoms with Crippen molar-refractivity contribution in [3.05, 3.63) is 29.6 Å². The van der Waals surface area contributed by atoms with Crippen LogP contribution in [0, 0.1) is 0 Å². The summed E-state index contributed by atoms with van der Waals surface area (Å²) in [5.74, 6) is 0.117. The van der Waals surface area contributed by atoms with Gasteiger partial charge in [-0.15, -0.1) is 11.3 Å². The monoisotopic (exact) mass is 252 g/mol. The summed E-state index contributed by atoms with van der Waals surface area (Å²) in [7, 11) is 0. The number of oxazole rings is 1. The van der Waals surface area contributed by atoms with Gasteiger partial charge in [0.1, 0.15) is 0 Å². The highest BCUT2D eigenvalue weighted by Gasteiger charge is 2.18. The molecule has 17 heavy (non-hydrogen) atoms. The first-order chi connectivity index (χ1) is 8.18. The Morgan fingerprint density at radius 3 is 3.18 bits per heavy atom. The minimum Gasteiger partial charge on any atom is -0.442 e. The number of rotatable bonds is 4. The zero-order chi connectivity index (χ0) is 12.3. The SMILES string of the molecule is CC(O)CNC(=O)c1ncoc1-c1cccs1. The highest BCUT2D eigenvalue weighted by atomic mass is 32.1. The molecule has 0 radical (unpaired) electrons. The first-order valence-electron chi connectivity index (χ1n) is 5.12. The Bertz CT molecular complexity index is 491. The Labute approximate surface area is 102 Å². The summed E-state index contributed by atoms with van der Waals surface area (Å²) in [6.45, 7) is 1.79. The molecule has 1 unspecified atom stereocenters. The van der Waals surface area contributed by atoms with Crippen molar-refractivity contribution in [1.29, 1.82) is 0 Å². The van der Waals surface area contributed by atoms with Gasteiger partial charge in [0.25, 0.3) is 5.91 Å². The lowest BCUT2D eigenvalue weighted by Gasteiger charge is -2.05. The molecular formula is C11H12N2O3S. The fourth-order valence-corrected chi connectivity index (χ4v) is 2.03. The van der Waals surface area contributed by atoms with E-state index < -0.39 is 6.10 Å². The molecule has 2 heterocycles. The first-order valence-corrected chi connectivity index (χ1v) is 6.00. The third kappa shape index (κ3) is 2.72. The van der Waals surface area contributed by atoms with Crippen LogP contribution in [0.1, 0.15) is 17.4 Å². The molecule has 2 N–H and O–H groups in total. The lowest BCUT2D eigenvalue weighted by Crippen LogP contribution is -2.31. The van der Waals surface area contributed by atoms with Crippen molar-refractivity contribution < 1.29 is 14.3 Å². The third-order valence-corrected chi connectivity index (χ3v) is 2.95. The van der Waals surface area contributed by atoms with Crippen LogP contribution < -0.4 is 5.32 Å². The van der Waals surface area contributed by atoms with Crippen LogP contribution in [0.5, 0.6) is 0 Å². The molecule has 1 amide bonds. The molecule has 0 saturated carbocycles. The Hall–Kier alpha value is -1.66. The van der Waals surface area contributed by atoms with E-state index >= 15 is 0 Å². The molecule has 0 fully saturated rings. The van der Waals surface area contributed by atoms with Crippen LogP contribution in [0.2, 0.25) is 0 Å². The molecule has 90 valence electrons. The van der Waals surface area contributed by atoms with Gasteiger partial charge in [-0.05, 0) is 18.4 Å². The number of hydrogen-bond donors (Lipinski definition) is 2. The average Bonchev–Trinajstić information content (AvgIpc) is 2.94. The number of aliphatic hydroxyl groups excluding tert-OH is 1. The van der Waals surface area contributed by atoms with Gasteiger partial charge in [-0.3, -0.25) is 4.79 Å². The fraction of sp³-hybridized carbons (Fsp3) is 0.273. The van der Waals surface area contributed by atoms with Gasteiger partial charge in [-0.1, -0.05) is 6.07 Å². The van der Waals surface area contributed by atoms with E-state index in [2.05, 4.69) is 10.3 Å². The smallest absolute Gasteiger partial charge is 0.274 e. The molecule has 5 nitrogen and oxygen atoms in total. The van der Waals surface area contributed by atoms with E-state index in [9.17, 15) is 4.79 Å². The summed E-state index contributed by atoms with van der Waals surface area (Å²) in [6.07, 6.45) is 0.655. The highest BCUT2D eigenvalue weighted by Crippen LogP contribution is 2.27. The molecule has 0 aromatic carbocycles. The number of aromatic nitrogens is 1. The van der Waals surface area contributed by atoms with Crippen molar-refractivity contribution >= 4 is 17.2 Å². The summed E-state index contributed by atoms with van der Waals surface area (Å²) in [4.78, 5) is 16.5. The number of aliphatic hydroxyl groups is 1. The van der Waals surface area contributed by atoms with Crippen LogP contribution in [0.25, 0.3) is 10.6 Å². The molecule has 0 spiro atoms. The minimum atomic E-state index is -0.587. The lowest BCUT2D eigenvalue weighted by atomic mass is 10.2. The molecule has 0 bridgehead atoms. The van der Waals surface area contributed by atoms with Crippen LogP contribution in [-0.4, -0.2) is 28.6 Å². The maximum absolute atomic E-state index is 11.8. The van der Waals surface area contributed by atoms with Crippen molar-refractivity contribution in [2.75, 3.05) is 6.54 Å². The van der Waals surface area contributed by atoms with E-state index in [1.54, 1.807) is 6.92 Å². The summed E-state index contributed by atoms with van der Waals surface area (Å²) < 4.78 is 5.21. The van der Waals surface area contributed by atoms with Crippen molar-refractivity contribution in [3.63, 3.8) is 0 Å². The molecule has 0 saturated heterocycles. The molecular weight excluding hydrogens is 240 g/mol. The van der Waals surface area contributed by atoms with Gasteiger partial charge in [-0.25, -0.2) is 4.98 Å². The molecule has 2 aromatic heterocycles. The van der Waals surface area contributed by atoms with E-state index in [0.29, 0.717) is 5.76 Å². The number of amides is 1. The fourth-order valence-electron chi connectivity index (χ4n) is 1.31. The van der Waals surface area contributed by atoms with Crippen molar-refractivity contribution in [1.82, 2.24) is 10.3 Å². The number of hydrogen-bond acceptors (Lipinski definition) is 5. The molecule has 0 aliphatic rings. The van der Waals surface area contributed by atoms with Gasteiger partial charge in [0.15, 0.2) is 17.8 Å². The number of carbonyl (C=O) groups excluding carboxylic acids is 1. The zero-order valence-electron chi connectivity index (χ0n) is 9.21. The van der Waals surface area contributed by atoms with Gasteiger partial charge < -0.3 is 14.8 Å². The minimum absolute atomic E-state index is 0.190. The van der Waals surface area contributed by atoms with Crippen molar-refractivity contribution in [2.24, 2.45) is 0 Å². The largest absolute Gasteiger partial charge is 0.442 e. The van der Waals surface area contributed by atoms with Crippen LogP contribution in [0.4, 0.5) is 0 Å². The van der Waals surface area contributed by atoms with E-state index in [0.717, 1.165) is 4.88 Å². The third-order valence-electron chi connectivity index (χ3n) is 2.09. The maximum atomic E-state index is 11.8. The summed E-state index contributed by atoms with van der Waals surface area (Å²) in [5, 5.41) is 13.6. The van der Waals surface area contributed by atoms with Crippen LogP contribution in [0.15, 0.2) is 28.3 Å². The van der Waals surface area contributed by atoms with Crippen LogP contribution in [0.3, 0.4) is 0 Å². The lowest BCUT2D eigenvalue weighted by molar-refractivity contribution is 0.0920. The Morgan fingerprint density at radius 2 is 2.53 bits per heavy atom. The van der Waals surface area contributed by atoms with Crippen LogP contribution in [-0.2, 0) is 0 Å². The predicted molar refractivity (Wildman–Crippen MR) is 63.8 cm³/mol. The molecule has 1 atom stereocenters. The summed E-state index contributed by atoms with van der Waals surface area (Å²) in [5.41, 5.74) is 0.244. The van der Waals surface area contributed by atoms with Crippen LogP contribution >= 0.6 is 11.3 Å². The number of nitrogens with one attached hydrogen (secondary N) is 1. The van der Waals surface area contributed by atoms with Gasteiger partial charge in [-0.2, -0.15) is 0 Å². The summed E-state index contributed by atoms with van der Waals surface area (Å²) >= 11 is 1.47. The van der Waals surface area contributed by atoms with Gasteiger partial charge in [0.05, 0.1) is 11.0 Å². The number of thiophene rings is 1. The molecule has 2 rings (SSSR count). The van der Waals surface area contributed by atoms with Crippen molar-refractivity contribution in [3.8, 4) is 10.6 Å². The second kappa shape index (κ2) is 5.11. The van der Waals surface area contributed by atoms with Gasteiger partial charge in [0, 0.05) is 6.54 Å². The van der Waals surface area contributed by atoms with E-state index in [4.69, 9.17) is 9.52 Å². The Morgan fingerprint density at radius 1 is 1.71 bits per heavy atom. The van der Waals surface area contributed by atoms with Gasteiger partial charge >= 0.3 is 0 Å². The average molecular weight is 252 g/mol. The van der Waals surface area contributed by atoms with Gasteiger partial charge in [0.2, 0.25) is 0 Å². The second-order valence-corrected chi connectivity index (χ2v) is 4.51. The molecule has 0 aliphatic heterocycles. The highest BCUT2D eigenvalue weighted by molar-refractivity contribution is 7.13. The first kappa shape index (κ1) is 11.8. The standard InChI is InChI=1S/C11H12N2O3S/c1-7(14)5-12-11(15)9-10(16-6-13-9)8-3-2-4-17-8/h2-4,6-7,14H,5H2,1H3,(H,12,15). The Kier molecular flexibility index (Phi) is 3.55. The molecule has 6 heteroatoms. The maximum Gasteiger partial charge on any atom is 0.274 e. The Balaban J connectivity index is 2.17. The predicted octanol–water partition coefficient (Wildman–Crippen LogP) is 1.51. The molecule has 2 aromatic rings. The number of nitrogens with zero attached hydrogens (tertiary/aromatic N) is 1. The topological polar surface area (TPSA) is 75.4 Å². The number of carbonyl (C=O) groups is 1. The summed E-state index contributed by atoms with van der Waals surface area (Å²) in [6, 6.07) is 3.73. The second-order valence-electron chi connectivity index (χ2n) is 3.57.